The van der Waals surface area contributed by atoms with Crippen LogP contribution in [0.25, 0.3) is 0 Å². The summed E-state index contributed by atoms with van der Waals surface area (Å²) in [5.41, 5.74) is 1.07. The van der Waals surface area contributed by atoms with Crippen molar-refractivity contribution in [1.29, 1.82) is 0 Å². The number of aryl methyl sites for hydroxylation is 1. The first-order chi connectivity index (χ1) is 10.2. The first-order valence-corrected chi connectivity index (χ1v) is 7.93. The molecule has 0 aliphatic carbocycles. The molecule has 6 heteroatoms. The van der Waals surface area contributed by atoms with Gasteiger partial charge in [0.05, 0.1) is 4.47 Å². The normalized spacial score (nSPS) is 16.0. The molecule has 0 atom stereocenters. The molecule has 1 fully saturated rings. The minimum Gasteiger partial charge on any atom is -0.356 e. The number of nitrogens with zero attached hydrogens (tertiary/aromatic N) is 4. The molecule has 0 unspecified atom stereocenters. The fraction of sp³-hybridized carbons (Fsp3) is 0.400. The number of hydrogen-bond acceptors (Lipinski definition) is 5. The number of halogens is 1. The van der Waals surface area contributed by atoms with Gasteiger partial charge >= 0.3 is 0 Å². The van der Waals surface area contributed by atoms with Crippen LogP contribution in [-0.2, 0) is 0 Å². The Morgan fingerprint density at radius 1 is 1.19 bits per heavy atom. The highest BCUT2D eigenvalue weighted by Crippen LogP contribution is 2.20. The van der Waals surface area contributed by atoms with E-state index in [1.54, 1.807) is 12.4 Å². The lowest BCUT2D eigenvalue weighted by atomic mass is 10.1. The first-order valence-electron chi connectivity index (χ1n) is 7.13. The Morgan fingerprint density at radius 3 is 2.57 bits per heavy atom. The second kappa shape index (κ2) is 6.39. The molecule has 0 amide bonds. The number of anilines is 2. The monoisotopic (exact) mass is 347 g/mol. The standard InChI is InChI=1S/C15H18BrN5/c1-11-3-2-4-14(19-11)21-7-5-13(6-8-21)20-15-17-9-12(16)10-18-15/h2-4,9-10,13H,5-8H2,1H3,(H,17,18,20). The topological polar surface area (TPSA) is 53.9 Å². The summed E-state index contributed by atoms with van der Waals surface area (Å²) in [4.78, 5) is 15.5. The van der Waals surface area contributed by atoms with Crippen molar-refractivity contribution >= 4 is 27.7 Å². The highest BCUT2D eigenvalue weighted by Gasteiger charge is 2.20. The zero-order chi connectivity index (χ0) is 14.7. The van der Waals surface area contributed by atoms with Crippen LogP contribution < -0.4 is 10.2 Å². The van der Waals surface area contributed by atoms with Gasteiger partial charge < -0.3 is 10.2 Å². The highest BCUT2D eigenvalue weighted by molar-refractivity contribution is 9.10. The third-order valence-corrected chi connectivity index (χ3v) is 4.06. The average molecular weight is 348 g/mol. The molecule has 110 valence electrons. The van der Waals surface area contributed by atoms with Gasteiger partial charge in [-0.3, -0.25) is 0 Å². The minimum absolute atomic E-state index is 0.423. The summed E-state index contributed by atoms with van der Waals surface area (Å²) in [6, 6.07) is 6.60. The van der Waals surface area contributed by atoms with Crippen molar-refractivity contribution < 1.29 is 0 Å². The molecular weight excluding hydrogens is 330 g/mol. The van der Waals surface area contributed by atoms with E-state index in [4.69, 9.17) is 0 Å². The van der Waals surface area contributed by atoms with Crippen molar-refractivity contribution in [2.75, 3.05) is 23.3 Å². The van der Waals surface area contributed by atoms with E-state index in [0.717, 1.165) is 41.9 Å². The van der Waals surface area contributed by atoms with Gasteiger partial charge in [-0.15, -0.1) is 0 Å². The SMILES string of the molecule is Cc1cccc(N2CCC(Nc3ncc(Br)cn3)CC2)n1. The summed E-state index contributed by atoms with van der Waals surface area (Å²) in [5, 5.41) is 3.40. The molecule has 2 aromatic rings. The Kier molecular flexibility index (Phi) is 4.34. The summed E-state index contributed by atoms with van der Waals surface area (Å²) in [6.07, 6.45) is 5.66. The molecule has 0 aromatic carbocycles. The molecule has 2 aromatic heterocycles. The molecule has 1 aliphatic rings. The lowest BCUT2D eigenvalue weighted by Gasteiger charge is -2.33. The summed E-state index contributed by atoms with van der Waals surface area (Å²) >= 11 is 3.34. The fourth-order valence-electron chi connectivity index (χ4n) is 2.53. The van der Waals surface area contributed by atoms with E-state index in [1.807, 2.05) is 13.0 Å². The molecule has 0 spiro atoms. The van der Waals surface area contributed by atoms with Crippen molar-refractivity contribution in [3.63, 3.8) is 0 Å². The molecule has 1 saturated heterocycles. The maximum Gasteiger partial charge on any atom is 0.222 e. The van der Waals surface area contributed by atoms with Crippen LogP contribution >= 0.6 is 15.9 Å². The summed E-state index contributed by atoms with van der Waals surface area (Å²) in [6.45, 7) is 4.04. The molecule has 0 saturated carbocycles. The third-order valence-electron chi connectivity index (χ3n) is 3.65. The van der Waals surface area contributed by atoms with Crippen LogP contribution in [0.5, 0.6) is 0 Å². The minimum atomic E-state index is 0.423. The Morgan fingerprint density at radius 2 is 1.90 bits per heavy atom. The van der Waals surface area contributed by atoms with Gasteiger partial charge in [0.25, 0.3) is 0 Å². The maximum atomic E-state index is 4.59. The van der Waals surface area contributed by atoms with Crippen LogP contribution in [0.4, 0.5) is 11.8 Å². The van der Waals surface area contributed by atoms with E-state index in [2.05, 4.69) is 53.2 Å². The molecule has 0 radical (unpaired) electrons. The van der Waals surface area contributed by atoms with Crippen molar-refractivity contribution in [3.05, 3.63) is 40.8 Å². The lowest BCUT2D eigenvalue weighted by molar-refractivity contribution is 0.520. The van der Waals surface area contributed by atoms with E-state index in [9.17, 15) is 0 Å². The summed E-state index contributed by atoms with van der Waals surface area (Å²) < 4.78 is 0.897. The zero-order valence-electron chi connectivity index (χ0n) is 12.0. The van der Waals surface area contributed by atoms with Gasteiger partial charge in [-0.25, -0.2) is 15.0 Å². The Labute approximate surface area is 133 Å². The Hall–Kier alpha value is -1.69. The molecule has 21 heavy (non-hydrogen) atoms. The van der Waals surface area contributed by atoms with Crippen molar-refractivity contribution in [2.24, 2.45) is 0 Å². The highest BCUT2D eigenvalue weighted by atomic mass is 79.9. The molecule has 3 rings (SSSR count). The summed E-state index contributed by atoms with van der Waals surface area (Å²) in [7, 11) is 0. The van der Waals surface area contributed by atoms with E-state index in [-0.39, 0.29) is 0 Å². The molecule has 1 aliphatic heterocycles. The van der Waals surface area contributed by atoms with Gasteiger partial charge in [-0.1, -0.05) is 6.07 Å². The smallest absolute Gasteiger partial charge is 0.222 e. The molecule has 3 heterocycles. The van der Waals surface area contributed by atoms with Crippen molar-refractivity contribution in [3.8, 4) is 0 Å². The number of aromatic nitrogens is 3. The van der Waals surface area contributed by atoms with E-state index in [1.165, 1.54) is 0 Å². The second-order valence-corrected chi connectivity index (χ2v) is 6.18. The number of rotatable bonds is 3. The average Bonchev–Trinajstić information content (AvgIpc) is 2.50. The van der Waals surface area contributed by atoms with Crippen LogP contribution in [0.2, 0.25) is 0 Å². The largest absolute Gasteiger partial charge is 0.356 e. The Bertz CT molecular complexity index is 593. The number of pyridine rings is 1. The van der Waals surface area contributed by atoms with Crippen LogP contribution in [0.1, 0.15) is 18.5 Å². The van der Waals surface area contributed by atoms with Gasteiger partial charge in [0, 0.05) is 37.2 Å². The predicted octanol–water partition coefficient (Wildman–Crippen LogP) is 3.02. The van der Waals surface area contributed by atoms with Crippen LogP contribution in [-0.4, -0.2) is 34.1 Å². The summed E-state index contributed by atoms with van der Waals surface area (Å²) in [5.74, 6) is 1.78. The molecule has 1 N–H and O–H groups in total. The molecule has 5 nitrogen and oxygen atoms in total. The quantitative estimate of drug-likeness (QED) is 0.924. The number of nitrogens with one attached hydrogen (secondary N) is 1. The van der Waals surface area contributed by atoms with Crippen LogP contribution in [0.15, 0.2) is 35.1 Å². The second-order valence-electron chi connectivity index (χ2n) is 5.27. The van der Waals surface area contributed by atoms with Gasteiger partial charge in [0.1, 0.15) is 5.82 Å². The molecular formula is C15H18BrN5. The predicted molar refractivity (Wildman–Crippen MR) is 87.6 cm³/mol. The molecule has 0 bridgehead atoms. The van der Waals surface area contributed by atoms with Gasteiger partial charge in [-0.2, -0.15) is 0 Å². The van der Waals surface area contributed by atoms with E-state index in [0.29, 0.717) is 12.0 Å². The zero-order valence-corrected chi connectivity index (χ0v) is 13.5. The third kappa shape index (κ3) is 3.69. The first kappa shape index (κ1) is 14.3. The van der Waals surface area contributed by atoms with E-state index >= 15 is 0 Å². The van der Waals surface area contributed by atoms with Gasteiger partial charge in [0.15, 0.2) is 0 Å². The van der Waals surface area contributed by atoms with Gasteiger partial charge in [0.2, 0.25) is 5.95 Å². The van der Waals surface area contributed by atoms with E-state index < -0.39 is 0 Å². The van der Waals surface area contributed by atoms with Crippen molar-refractivity contribution in [1.82, 2.24) is 15.0 Å². The van der Waals surface area contributed by atoms with Crippen molar-refractivity contribution in [2.45, 2.75) is 25.8 Å². The Balaban J connectivity index is 1.56. The van der Waals surface area contributed by atoms with Gasteiger partial charge in [-0.05, 0) is 47.8 Å². The van der Waals surface area contributed by atoms with Crippen LogP contribution in [0.3, 0.4) is 0 Å². The maximum absolute atomic E-state index is 4.59. The fourth-order valence-corrected chi connectivity index (χ4v) is 2.73. The number of hydrogen-bond donors (Lipinski definition) is 1. The lowest BCUT2D eigenvalue weighted by Crippen LogP contribution is -2.39. The number of piperidine rings is 1. The van der Waals surface area contributed by atoms with Crippen LogP contribution in [0, 0.1) is 6.92 Å².